The molecular weight excluding hydrogens is 420 g/mol. The van der Waals surface area contributed by atoms with Crippen LogP contribution in [0.1, 0.15) is 5.56 Å². The van der Waals surface area contributed by atoms with Gasteiger partial charge in [0.1, 0.15) is 17.9 Å². The number of rotatable bonds is 5. The van der Waals surface area contributed by atoms with Crippen LogP contribution < -0.4 is 15.7 Å². The minimum atomic E-state index is -0.527. The number of hydrogen-bond acceptors (Lipinski definition) is 7. The highest BCUT2D eigenvalue weighted by molar-refractivity contribution is 8.18. The first kappa shape index (κ1) is 20.4. The Hall–Kier alpha value is -3.85. The van der Waals surface area contributed by atoms with E-state index in [2.05, 4.69) is 5.32 Å². The zero-order chi connectivity index (χ0) is 22.0. The van der Waals surface area contributed by atoms with Gasteiger partial charge in [-0.2, -0.15) is 0 Å². The largest absolute Gasteiger partial charge is 0.497 e. The molecule has 0 saturated carbocycles. The molecule has 1 saturated heterocycles. The van der Waals surface area contributed by atoms with Crippen molar-refractivity contribution in [1.29, 1.82) is 0 Å². The van der Waals surface area contributed by atoms with Crippen molar-refractivity contribution in [2.75, 3.05) is 19.0 Å². The first-order chi connectivity index (χ1) is 14.9. The molecule has 2 heterocycles. The fraction of sp³-hybridized carbons (Fsp3) is 0.0909. The third-order valence-electron chi connectivity index (χ3n) is 4.49. The maximum Gasteiger partial charge on any atom is 0.336 e. The van der Waals surface area contributed by atoms with Crippen LogP contribution in [0.5, 0.6) is 5.75 Å². The number of thioether (sulfide) groups is 1. The Morgan fingerprint density at radius 2 is 1.87 bits per heavy atom. The van der Waals surface area contributed by atoms with Gasteiger partial charge in [-0.1, -0.05) is 12.1 Å². The third kappa shape index (κ3) is 4.51. The molecule has 0 bridgehead atoms. The molecular formula is C22H16N2O6S. The van der Waals surface area contributed by atoms with Crippen LogP contribution in [0.15, 0.2) is 68.7 Å². The van der Waals surface area contributed by atoms with Crippen molar-refractivity contribution in [3.8, 4) is 5.75 Å². The average Bonchev–Trinajstić information content (AvgIpc) is 3.01. The van der Waals surface area contributed by atoms with Crippen LogP contribution in [0, 0.1) is 0 Å². The van der Waals surface area contributed by atoms with Gasteiger partial charge >= 0.3 is 5.63 Å². The highest BCUT2D eigenvalue weighted by Crippen LogP contribution is 2.32. The number of carbonyl (C=O) groups is 3. The van der Waals surface area contributed by atoms with Gasteiger partial charge in [0.05, 0.1) is 12.0 Å². The maximum absolute atomic E-state index is 12.6. The lowest BCUT2D eigenvalue weighted by Gasteiger charge is -2.12. The summed E-state index contributed by atoms with van der Waals surface area (Å²) < 4.78 is 10.1. The van der Waals surface area contributed by atoms with E-state index in [-0.39, 0.29) is 4.91 Å². The second-order valence-corrected chi connectivity index (χ2v) is 7.59. The molecule has 3 amide bonds. The smallest absolute Gasteiger partial charge is 0.336 e. The molecule has 0 unspecified atom stereocenters. The standard InChI is InChI=1S/C22H16N2O6S/c1-29-16-6-2-13(3-7-16)10-18-21(27)24(22(28)31-18)12-19(25)23-15-5-8-17-14(11-15)4-9-20(26)30-17/h2-11H,12H2,1H3,(H,23,25). The lowest BCUT2D eigenvalue weighted by molar-refractivity contribution is -0.127. The number of fused-ring (bicyclic) bond motifs is 1. The molecule has 9 heteroatoms. The highest BCUT2D eigenvalue weighted by Gasteiger charge is 2.36. The van der Waals surface area contributed by atoms with E-state index in [1.807, 2.05) is 0 Å². The zero-order valence-corrected chi connectivity index (χ0v) is 17.1. The lowest BCUT2D eigenvalue weighted by Crippen LogP contribution is -2.36. The van der Waals surface area contributed by atoms with Crippen LogP contribution >= 0.6 is 11.8 Å². The number of anilines is 1. The summed E-state index contributed by atoms with van der Waals surface area (Å²) in [6.07, 6.45) is 1.60. The minimum Gasteiger partial charge on any atom is -0.497 e. The van der Waals surface area contributed by atoms with Crippen molar-refractivity contribution < 1.29 is 23.5 Å². The van der Waals surface area contributed by atoms with Gasteiger partial charge in [0.25, 0.3) is 11.1 Å². The van der Waals surface area contributed by atoms with E-state index in [0.29, 0.717) is 22.4 Å². The van der Waals surface area contributed by atoms with Crippen molar-refractivity contribution in [2.24, 2.45) is 0 Å². The number of carbonyl (C=O) groups excluding carboxylic acids is 3. The molecule has 31 heavy (non-hydrogen) atoms. The number of ether oxygens (including phenoxy) is 1. The fourth-order valence-corrected chi connectivity index (χ4v) is 3.82. The van der Waals surface area contributed by atoms with E-state index in [1.54, 1.807) is 61.7 Å². The second kappa shape index (κ2) is 8.49. The molecule has 156 valence electrons. The summed E-state index contributed by atoms with van der Waals surface area (Å²) in [4.78, 5) is 49.7. The summed E-state index contributed by atoms with van der Waals surface area (Å²) in [6.45, 7) is -0.410. The summed E-state index contributed by atoms with van der Waals surface area (Å²) in [7, 11) is 1.56. The van der Waals surface area contributed by atoms with E-state index in [4.69, 9.17) is 9.15 Å². The first-order valence-corrected chi connectivity index (χ1v) is 9.98. The summed E-state index contributed by atoms with van der Waals surface area (Å²) in [6, 6.07) is 14.7. The van der Waals surface area contributed by atoms with Crippen LogP contribution in [-0.4, -0.2) is 35.6 Å². The second-order valence-electron chi connectivity index (χ2n) is 6.60. The van der Waals surface area contributed by atoms with Crippen LogP contribution in [0.4, 0.5) is 10.5 Å². The van der Waals surface area contributed by atoms with E-state index >= 15 is 0 Å². The van der Waals surface area contributed by atoms with Gasteiger partial charge in [0, 0.05) is 17.1 Å². The van der Waals surface area contributed by atoms with Crippen LogP contribution in [-0.2, 0) is 9.59 Å². The number of hydrogen-bond donors (Lipinski definition) is 1. The number of amides is 3. The molecule has 2 aromatic carbocycles. The van der Waals surface area contributed by atoms with E-state index in [1.165, 1.54) is 6.07 Å². The summed E-state index contributed by atoms with van der Waals surface area (Å²) >= 11 is 0.783. The predicted octanol–water partition coefficient (Wildman–Crippen LogP) is 3.48. The van der Waals surface area contributed by atoms with Gasteiger partial charge in [-0.25, -0.2) is 4.79 Å². The molecule has 1 fully saturated rings. The normalized spacial score (nSPS) is 15.0. The molecule has 0 spiro atoms. The van der Waals surface area contributed by atoms with Crippen molar-refractivity contribution in [3.63, 3.8) is 0 Å². The summed E-state index contributed by atoms with van der Waals surface area (Å²) in [5, 5.41) is 2.76. The Balaban J connectivity index is 1.44. The summed E-state index contributed by atoms with van der Waals surface area (Å²) in [5.41, 5.74) is 1.11. The van der Waals surface area contributed by atoms with Crippen molar-refractivity contribution in [1.82, 2.24) is 4.90 Å². The molecule has 1 aliphatic heterocycles. The molecule has 1 aromatic heterocycles. The summed E-state index contributed by atoms with van der Waals surface area (Å²) in [5.74, 6) is -0.372. The van der Waals surface area contributed by atoms with Gasteiger partial charge < -0.3 is 14.5 Å². The van der Waals surface area contributed by atoms with Gasteiger partial charge in [0.15, 0.2) is 0 Å². The molecule has 1 aliphatic rings. The van der Waals surface area contributed by atoms with Crippen LogP contribution in [0.2, 0.25) is 0 Å². The van der Waals surface area contributed by atoms with E-state index in [9.17, 15) is 19.2 Å². The van der Waals surface area contributed by atoms with Gasteiger partial charge in [0.2, 0.25) is 5.91 Å². The van der Waals surface area contributed by atoms with Crippen LogP contribution in [0.25, 0.3) is 17.0 Å². The molecule has 8 nitrogen and oxygen atoms in total. The minimum absolute atomic E-state index is 0.240. The number of methoxy groups -OCH3 is 1. The quantitative estimate of drug-likeness (QED) is 0.482. The molecule has 0 aliphatic carbocycles. The third-order valence-corrected chi connectivity index (χ3v) is 5.40. The number of nitrogens with zero attached hydrogens (tertiary/aromatic N) is 1. The average molecular weight is 436 g/mol. The Morgan fingerprint density at radius 3 is 2.61 bits per heavy atom. The van der Waals surface area contributed by atoms with Crippen molar-refractivity contribution in [3.05, 3.63) is 75.5 Å². The molecule has 0 radical (unpaired) electrons. The number of benzene rings is 2. The Bertz CT molecular complexity index is 1280. The first-order valence-electron chi connectivity index (χ1n) is 9.16. The molecule has 1 N–H and O–H groups in total. The van der Waals surface area contributed by atoms with Gasteiger partial charge in [-0.15, -0.1) is 0 Å². The SMILES string of the molecule is COc1ccc(C=C2SC(=O)N(CC(=O)Nc3ccc4oc(=O)ccc4c3)C2=O)cc1. The molecule has 3 aromatic rings. The van der Waals surface area contributed by atoms with Crippen molar-refractivity contribution >= 4 is 51.5 Å². The van der Waals surface area contributed by atoms with Crippen LogP contribution in [0.3, 0.4) is 0 Å². The monoisotopic (exact) mass is 436 g/mol. The Kier molecular flexibility index (Phi) is 5.59. The van der Waals surface area contributed by atoms with Gasteiger partial charge in [-0.3, -0.25) is 19.3 Å². The molecule has 0 atom stereocenters. The highest BCUT2D eigenvalue weighted by atomic mass is 32.2. The number of imide groups is 1. The predicted molar refractivity (Wildman–Crippen MR) is 117 cm³/mol. The van der Waals surface area contributed by atoms with Gasteiger partial charge in [-0.05, 0) is 59.8 Å². The fourth-order valence-electron chi connectivity index (χ4n) is 2.98. The number of nitrogens with one attached hydrogen (secondary N) is 1. The maximum atomic E-state index is 12.6. The Labute approximate surface area is 180 Å². The Morgan fingerprint density at radius 1 is 1.10 bits per heavy atom. The zero-order valence-electron chi connectivity index (χ0n) is 16.3. The lowest BCUT2D eigenvalue weighted by atomic mass is 10.2. The topological polar surface area (TPSA) is 106 Å². The van der Waals surface area contributed by atoms with Crippen molar-refractivity contribution in [2.45, 2.75) is 0 Å². The molecule has 4 rings (SSSR count). The van der Waals surface area contributed by atoms with E-state index in [0.717, 1.165) is 22.2 Å². The van der Waals surface area contributed by atoms with E-state index < -0.39 is 29.2 Å².